The van der Waals surface area contributed by atoms with Crippen LogP contribution >= 0.6 is 0 Å². The van der Waals surface area contributed by atoms with E-state index in [0.29, 0.717) is 11.6 Å². The molecule has 0 radical (unpaired) electrons. The van der Waals surface area contributed by atoms with Crippen molar-refractivity contribution in [2.24, 2.45) is 0 Å². The maximum atomic E-state index is 12.1. The Kier molecular flexibility index (Phi) is 5.15. The number of nitrogens with zero attached hydrogens (tertiary/aromatic N) is 2. The van der Waals surface area contributed by atoms with Crippen LogP contribution in [0.2, 0.25) is 0 Å². The average Bonchev–Trinajstić information content (AvgIpc) is 2.50. The fourth-order valence-electron chi connectivity index (χ4n) is 2.39. The lowest BCUT2D eigenvalue weighted by Crippen LogP contribution is -2.30. The van der Waals surface area contributed by atoms with Crippen molar-refractivity contribution >= 4 is 17.3 Å². The second-order valence-corrected chi connectivity index (χ2v) is 5.57. The van der Waals surface area contributed by atoms with Gasteiger partial charge in [-0.3, -0.25) is 9.78 Å². The normalized spacial score (nSPS) is 10.6. The van der Waals surface area contributed by atoms with Gasteiger partial charge in [0.2, 0.25) is 0 Å². The molecule has 0 aliphatic carbocycles. The number of nitrogens with one attached hydrogen (secondary N) is 1. The molecule has 4 heteroatoms. The number of pyridine rings is 1. The summed E-state index contributed by atoms with van der Waals surface area (Å²) in [5, 5.41) is 2.89. The lowest BCUT2D eigenvalue weighted by Gasteiger charge is -2.27. The Labute approximate surface area is 132 Å². The first-order valence-corrected chi connectivity index (χ1v) is 7.62. The number of carbonyl (C=O) groups is 1. The maximum absolute atomic E-state index is 12.1. The zero-order chi connectivity index (χ0) is 16.1. The monoisotopic (exact) mass is 297 g/mol. The minimum atomic E-state index is -0.142. The second kappa shape index (κ2) is 7.07. The van der Waals surface area contributed by atoms with Gasteiger partial charge >= 0.3 is 0 Å². The van der Waals surface area contributed by atoms with E-state index in [0.717, 1.165) is 23.6 Å². The Morgan fingerprint density at radius 3 is 2.36 bits per heavy atom. The van der Waals surface area contributed by atoms with Gasteiger partial charge in [0.05, 0.1) is 5.56 Å². The van der Waals surface area contributed by atoms with E-state index in [9.17, 15) is 4.79 Å². The molecule has 1 heterocycles. The molecule has 1 amide bonds. The third kappa shape index (κ3) is 3.85. The standard InChI is InChI=1S/C18H23N3O/c1-5-21(13(2)3)17-10-8-16(9-11-17)20-18(22)15-7-6-14(4)19-12-15/h6-13H,5H2,1-4H3,(H,20,22). The van der Waals surface area contributed by atoms with Crippen LogP contribution in [-0.2, 0) is 0 Å². The third-order valence-electron chi connectivity index (χ3n) is 3.59. The molecule has 4 nitrogen and oxygen atoms in total. The van der Waals surface area contributed by atoms with Crippen LogP contribution < -0.4 is 10.2 Å². The van der Waals surface area contributed by atoms with Crippen LogP contribution in [0.4, 0.5) is 11.4 Å². The first-order chi connectivity index (χ1) is 10.5. The molecule has 22 heavy (non-hydrogen) atoms. The topological polar surface area (TPSA) is 45.2 Å². The van der Waals surface area contributed by atoms with Crippen LogP contribution in [0.25, 0.3) is 0 Å². The Hall–Kier alpha value is -2.36. The van der Waals surface area contributed by atoms with Crippen molar-refractivity contribution in [3.8, 4) is 0 Å². The summed E-state index contributed by atoms with van der Waals surface area (Å²) in [5.74, 6) is -0.142. The van der Waals surface area contributed by atoms with Gasteiger partial charge in [-0.15, -0.1) is 0 Å². The van der Waals surface area contributed by atoms with E-state index in [-0.39, 0.29) is 5.91 Å². The zero-order valence-corrected chi connectivity index (χ0v) is 13.6. The number of anilines is 2. The molecular formula is C18H23N3O. The molecule has 0 bridgehead atoms. The summed E-state index contributed by atoms with van der Waals surface area (Å²) in [5.41, 5.74) is 3.41. The van der Waals surface area contributed by atoms with E-state index in [1.54, 1.807) is 12.3 Å². The molecule has 0 saturated heterocycles. The number of aryl methyl sites for hydroxylation is 1. The summed E-state index contributed by atoms with van der Waals surface area (Å²) < 4.78 is 0. The van der Waals surface area contributed by atoms with E-state index in [2.05, 4.69) is 36.0 Å². The molecule has 1 N–H and O–H groups in total. The van der Waals surface area contributed by atoms with Crippen molar-refractivity contribution in [3.05, 3.63) is 53.9 Å². The number of amides is 1. The molecule has 0 aliphatic rings. The first-order valence-electron chi connectivity index (χ1n) is 7.62. The second-order valence-electron chi connectivity index (χ2n) is 5.57. The van der Waals surface area contributed by atoms with Gasteiger partial charge in [-0.2, -0.15) is 0 Å². The molecule has 0 fully saturated rings. The van der Waals surface area contributed by atoms with Crippen molar-refractivity contribution in [1.29, 1.82) is 0 Å². The highest BCUT2D eigenvalue weighted by molar-refractivity contribution is 6.04. The van der Waals surface area contributed by atoms with E-state index < -0.39 is 0 Å². The fourth-order valence-corrected chi connectivity index (χ4v) is 2.39. The average molecular weight is 297 g/mol. The largest absolute Gasteiger partial charge is 0.369 e. The van der Waals surface area contributed by atoms with Crippen molar-refractivity contribution in [3.63, 3.8) is 0 Å². The number of hydrogen-bond acceptors (Lipinski definition) is 3. The summed E-state index contributed by atoms with van der Waals surface area (Å²) >= 11 is 0. The number of rotatable bonds is 5. The van der Waals surface area contributed by atoms with Crippen molar-refractivity contribution in [2.75, 3.05) is 16.8 Å². The molecular weight excluding hydrogens is 274 g/mol. The van der Waals surface area contributed by atoms with Gasteiger partial charge in [-0.05, 0) is 64.1 Å². The molecule has 1 aromatic carbocycles. The Morgan fingerprint density at radius 1 is 1.18 bits per heavy atom. The molecule has 0 spiro atoms. The van der Waals surface area contributed by atoms with Crippen molar-refractivity contribution < 1.29 is 4.79 Å². The molecule has 2 rings (SSSR count). The smallest absolute Gasteiger partial charge is 0.257 e. The molecule has 2 aromatic rings. The van der Waals surface area contributed by atoms with Crippen LogP contribution in [0.5, 0.6) is 0 Å². The predicted molar refractivity (Wildman–Crippen MR) is 91.5 cm³/mol. The minimum absolute atomic E-state index is 0.142. The summed E-state index contributed by atoms with van der Waals surface area (Å²) in [6, 6.07) is 12.0. The maximum Gasteiger partial charge on any atom is 0.257 e. The van der Waals surface area contributed by atoms with Gasteiger partial charge in [0.25, 0.3) is 5.91 Å². The van der Waals surface area contributed by atoms with Crippen LogP contribution in [0.15, 0.2) is 42.6 Å². The molecule has 0 unspecified atom stereocenters. The fraction of sp³-hybridized carbons (Fsp3) is 0.333. The van der Waals surface area contributed by atoms with Crippen molar-refractivity contribution in [2.45, 2.75) is 33.7 Å². The number of benzene rings is 1. The van der Waals surface area contributed by atoms with Gasteiger partial charge in [-0.1, -0.05) is 0 Å². The Bertz CT molecular complexity index is 618. The zero-order valence-electron chi connectivity index (χ0n) is 13.6. The molecule has 0 atom stereocenters. The molecule has 116 valence electrons. The van der Waals surface area contributed by atoms with Gasteiger partial charge in [0.1, 0.15) is 0 Å². The van der Waals surface area contributed by atoms with E-state index in [4.69, 9.17) is 0 Å². The van der Waals surface area contributed by atoms with Crippen LogP contribution in [0.3, 0.4) is 0 Å². The van der Waals surface area contributed by atoms with Crippen molar-refractivity contribution in [1.82, 2.24) is 4.98 Å². The van der Waals surface area contributed by atoms with E-state index in [1.807, 2.05) is 37.3 Å². The van der Waals surface area contributed by atoms with Crippen LogP contribution in [-0.4, -0.2) is 23.5 Å². The lowest BCUT2D eigenvalue weighted by molar-refractivity contribution is 0.102. The lowest BCUT2D eigenvalue weighted by atomic mass is 10.2. The van der Waals surface area contributed by atoms with Gasteiger partial charge in [0, 0.05) is 35.9 Å². The Morgan fingerprint density at radius 2 is 1.86 bits per heavy atom. The van der Waals surface area contributed by atoms with E-state index >= 15 is 0 Å². The van der Waals surface area contributed by atoms with Gasteiger partial charge in [-0.25, -0.2) is 0 Å². The Balaban J connectivity index is 2.08. The predicted octanol–water partition coefficient (Wildman–Crippen LogP) is 3.88. The number of aromatic nitrogens is 1. The minimum Gasteiger partial charge on any atom is -0.369 e. The first kappa shape index (κ1) is 16.0. The van der Waals surface area contributed by atoms with Gasteiger partial charge in [0.15, 0.2) is 0 Å². The number of hydrogen-bond donors (Lipinski definition) is 1. The summed E-state index contributed by atoms with van der Waals surface area (Å²) in [4.78, 5) is 18.6. The highest BCUT2D eigenvalue weighted by Gasteiger charge is 2.09. The highest BCUT2D eigenvalue weighted by Crippen LogP contribution is 2.20. The quantitative estimate of drug-likeness (QED) is 0.911. The summed E-state index contributed by atoms with van der Waals surface area (Å²) in [6.07, 6.45) is 1.59. The summed E-state index contributed by atoms with van der Waals surface area (Å²) in [6.45, 7) is 9.33. The van der Waals surface area contributed by atoms with Crippen LogP contribution in [0.1, 0.15) is 36.8 Å². The van der Waals surface area contributed by atoms with Gasteiger partial charge < -0.3 is 10.2 Å². The van der Waals surface area contributed by atoms with E-state index in [1.165, 1.54) is 0 Å². The molecule has 0 saturated carbocycles. The molecule has 0 aliphatic heterocycles. The highest BCUT2D eigenvalue weighted by atomic mass is 16.1. The SMILES string of the molecule is CCN(c1ccc(NC(=O)c2ccc(C)nc2)cc1)C(C)C. The number of carbonyl (C=O) groups excluding carboxylic acids is 1. The summed E-state index contributed by atoms with van der Waals surface area (Å²) in [7, 11) is 0. The molecule has 1 aromatic heterocycles. The van der Waals surface area contributed by atoms with Crippen LogP contribution in [0, 0.1) is 6.92 Å². The third-order valence-corrected chi connectivity index (χ3v) is 3.59.